The molecular formula is C18H21N3O4. The number of anilines is 2. The smallest absolute Gasteiger partial charge is 0.252 e. The molecule has 0 radical (unpaired) electrons. The van der Waals surface area contributed by atoms with Crippen LogP contribution in [-0.4, -0.2) is 44.4 Å². The van der Waals surface area contributed by atoms with Crippen molar-refractivity contribution < 1.29 is 19.0 Å². The monoisotopic (exact) mass is 343 g/mol. The van der Waals surface area contributed by atoms with Crippen LogP contribution in [0, 0.1) is 0 Å². The molecule has 7 heteroatoms. The van der Waals surface area contributed by atoms with E-state index in [0.717, 1.165) is 17.9 Å². The molecule has 7 nitrogen and oxygen atoms in total. The lowest BCUT2D eigenvalue weighted by molar-refractivity contribution is 0.0948. The summed E-state index contributed by atoms with van der Waals surface area (Å²) in [6.07, 6.45) is 2.32. The maximum atomic E-state index is 12.0. The number of nitrogens with zero attached hydrogens (tertiary/aromatic N) is 1. The number of aromatic nitrogens is 1. The molecule has 0 fully saturated rings. The van der Waals surface area contributed by atoms with E-state index in [1.54, 1.807) is 25.4 Å². The molecule has 2 N–H and O–H groups in total. The van der Waals surface area contributed by atoms with Gasteiger partial charge >= 0.3 is 0 Å². The van der Waals surface area contributed by atoms with Gasteiger partial charge in [0.2, 0.25) is 0 Å². The van der Waals surface area contributed by atoms with Crippen molar-refractivity contribution in [1.29, 1.82) is 0 Å². The Hall–Kier alpha value is -2.80. The molecule has 132 valence electrons. The predicted molar refractivity (Wildman–Crippen MR) is 93.8 cm³/mol. The van der Waals surface area contributed by atoms with E-state index in [-0.39, 0.29) is 5.91 Å². The number of pyridine rings is 1. The van der Waals surface area contributed by atoms with Gasteiger partial charge in [0, 0.05) is 38.2 Å². The Bertz CT molecular complexity index is 719. The minimum Gasteiger partial charge on any atom is -0.486 e. The van der Waals surface area contributed by atoms with Gasteiger partial charge in [0.25, 0.3) is 5.91 Å². The Labute approximate surface area is 146 Å². The summed E-state index contributed by atoms with van der Waals surface area (Å²) in [4.78, 5) is 16.3. The lowest BCUT2D eigenvalue weighted by Crippen LogP contribution is -2.25. The normalized spacial score (nSPS) is 12.5. The summed E-state index contributed by atoms with van der Waals surface area (Å²) >= 11 is 0. The van der Waals surface area contributed by atoms with E-state index in [9.17, 15) is 4.79 Å². The average Bonchev–Trinajstić information content (AvgIpc) is 2.65. The number of methoxy groups -OCH3 is 1. The summed E-state index contributed by atoms with van der Waals surface area (Å²) in [5.74, 6) is 1.95. The van der Waals surface area contributed by atoms with Gasteiger partial charge in [-0.3, -0.25) is 4.79 Å². The zero-order valence-corrected chi connectivity index (χ0v) is 14.1. The third kappa shape index (κ3) is 4.60. The molecule has 0 atom stereocenters. The fourth-order valence-corrected chi connectivity index (χ4v) is 2.39. The highest BCUT2D eigenvalue weighted by Crippen LogP contribution is 2.33. The van der Waals surface area contributed by atoms with Gasteiger partial charge in [0.1, 0.15) is 19.0 Å². The average molecular weight is 343 g/mol. The summed E-state index contributed by atoms with van der Waals surface area (Å²) in [5.41, 5.74) is 1.36. The van der Waals surface area contributed by atoms with Gasteiger partial charge < -0.3 is 24.8 Å². The number of hydrogen-bond acceptors (Lipinski definition) is 6. The highest BCUT2D eigenvalue weighted by atomic mass is 16.6. The molecule has 2 aromatic rings. The molecule has 1 aromatic heterocycles. The number of benzene rings is 1. The lowest BCUT2D eigenvalue weighted by Gasteiger charge is -2.19. The standard InChI is InChI=1S/C18H21N3O4/c1-23-8-2-7-19-18(22)13-3-6-17(20-12-13)21-14-4-5-15-16(11-14)25-10-9-24-15/h3-6,11-12H,2,7-10H2,1H3,(H,19,22)(H,20,21). The molecule has 1 amide bonds. The number of carbonyl (C=O) groups is 1. The fraction of sp³-hybridized carbons (Fsp3) is 0.333. The molecule has 0 aliphatic carbocycles. The number of fused-ring (bicyclic) bond motifs is 1. The second-order valence-electron chi connectivity index (χ2n) is 5.52. The molecule has 0 saturated carbocycles. The zero-order chi connectivity index (χ0) is 17.5. The van der Waals surface area contributed by atoms with Gasteiger partial charge in [0.15, 0.2) is 11.5 Å². The largest absolute Gasteiger partial charge is 0.486 e. The maximum absolute atomic E-state index is 12.0. The van der Waals surface area contributed by atoms with Crippen molar-refractivity contribution in [1.82, 2.24) is 10.3 Å². The summed E-state index contributed by atoms with van der Waals surface area (Å²) in [6, 6.07) is 9.12. The van der Waals surface area contributed by atoms with E-state index < -0.39 is 0 Å². The quantitative estimate of drug-likeness (QED) is 0.751. The van der Waals surface area contributed by atoms with Crippen LogP contribution in [0.2, 0.25) is 0 Å². The van der Waals surface area contributed by atoms with Crippen molar-refractivity contribution in [3.8, 4) is 11.5 Å². The van der Waals surface area contributed by atoms with Crippen molar-refractivity contribution in [2.24, 2.45) is 0 Å². The SMILES string of the molecule is COCCCNC(=O)c1ccc(Nc2ccc3c(c2)OCCO3)nc1. The third-order valence-electron chi connectivity index (χ3n) is 3.65. The van der Waals surface area contributed by atoms with Crippen molar-refractivity contribution in [2.75, 3.05) is 38.8 Å². The predicted octanol–water partition coefficient (Wildman–Crippen LogP) is 2.36. The highest BCUT2D eigenvalue weighted by Gasteiger charge is 2.12. The van der Waals surface area contributed by atoms with Crippen LogP contribution in [0.3, 0.4) is 0 Å². The number of nitrogens with one attached hydrogen (secondary N) is 2. The second-order valence-corrected chi connectivity index (χ2v) is 5.52. The molecule has 0 bridgehead atoms. The molecular weight excluding hydrogens is 322 g/mol. The molecule has 1 aliphatic rings. The van der Waals surface area contributed by atoms with Crippen molar-refractivity contribution in [3.63, 3.8) is 0 Å². The van der Waals surface area contributed by atoms with Gasteiger partial charge in [-0.2, -0.15) is 0 Å². The van der Waals surface area contributed by atoms with E-state index in [4.69, 9.17) is 14.2 Å². The Morgan fingerprint density at radius 2 is 2.04 bits per heavy atom. The minimum absolute atomic E-state index is 0.144. The summed E-state index contributed by atoms with van der Waals surface area (Å²) in [6.45, 7) is 2.31. The minimum atomic E-state index is -0.144. The van der Waals surface area contributed by atoms with Crippen LogP contribution in [-0.2, 0) is 4.74 Å². The first kappa shape index (κ1) is 17.0. The molecule has 3 rings (SSSR count). The Morgan fingerprint density at radius 1 is 1.20 bits per heavy atom. The van der Waals surface area contributed by atoms with Gasteiger partial charge in [-0.05, 0) is 30.7 Å². The van der Waals surface area contributed by atoms with Crippen LogP contribution in [0.5, 0.6) is 11.5 Å². The number of hydrogen-bond donors (Lipinski definition) is 2. The molecule has 1 aliphatic heterocycles. The second kappa shape index (κ2) is 8.34. The number of rotatable bonds is 7. The van der Waals surface area contributed by atoms with E-state index in [1.807, 2.05) is 18.2 Å². The molecule has 2 heterocycles. The molecule has 1 aromatic carbocycles. The zero-order valence-electron chi connectivity index (χ0n) is 14.1. The molecule has 25 heavy (non-hydrogen) atoms. The van der Waals surface area contributed by atoms with E-state index >= 15 is 0 Å². The van der Waals surface area contributed by atoms with Crippen molar-refractivity contribution in [2.45, 2.75) is 6.42 Å². The molecule has 0 unspecified atom stereocenters. The maximum Gasteiger partial charge on any atom is 0.252 e. The van der Waals surface area contributed by atoms with Crippen molar-refractivity contribution >= 4 is 17.4 Å². The number of carbonyl (C=O) groups excluding carboxylic acids is 1. The Balaban J connectivity index is 1.58. The highest BCUT2D eigenvalue weighted by molar-refractivity contribution is 5.94. The first-order valence-electron chi connectivity index (χ1n) is 8.16. The van der Waals surface area contributed by atoms with Gasteiger partial charge in [-0.25, -0.2) is 4.98 Å². The Morgan fingerprint density at radius 3 is 2.80 bits per heavy atom. The van der Waals surface area contributed by atoms with Crippen LogP contribution in [0.15, 0.2) is 36.5 Å². The van der Waals surface area contributed by atoms with E-state index in [1.165, 1.54) is 0 Å². The van der Waals surface area contributed by atoms with E-state index in [2.05, 4.69) is 15.6 Å². The van der Waals surface area contributed by atoms with Crippen LogP contribution in [0.1, 0.15) is 16.8 Å². The van der Waals surface area contributed by atoms with Gasteiger partial charge in [-0.1, -0.05) is 0 Å². The van der Waals surface area contributed by atoms with Gasteiger partial charge in [-0.15, -0.1) is 0 Å². The summed E-state index contributed by atoms with van der Waals surface area (Å²) < 4.78 is 16.0. The first-order chi connectivity index (χ1) is 12.3. The Kier molecular flexibility index (Phi) is 5.69. The number of ether oxygens (including phenoxy) is 3. The van der Waals surface area contributed by atoms with Crippen LogP contribution in [0.25, 0.3) is 0 Å². The third-order valence-corrected chi connectivity index (χ3v) is 3.65. The van der Waals surface area contributed by atoms with Crippen LogP contribution >= 0.6 is 0 Å². The lowest BCUT2D eigenvalue weighted by atomic mass is 10.2. The number of amides is 1. The summed E-state index contributed by atoms with van der Waals surface area (Å²) in [5, 5.41) is 6.01. The van der Waals surface area contributed by atoms with Crippen LogP contribution in [0.4, 0.5) is 11.5 Å². The van der Waals surface area contributed by atoms with E-state index in [0.29, 0.717) is 43.5 Å². The molecule has 0 saturated heterocycles. The fourth-order valence-electron chi connectivity index (χ4n) is 2.39. The topological polar surface area (TPSA) is 81.7 Å². The first-order valence-corrected chi connectivity index (χ1v) is 8.16. The molecule has 0 spiro atoms. The van der Waals surface area contributed by atoms with Gasteiger partial charge in [0.05, 0.1) is 5.56 Å². The van der Waals surface area contributed by atoms with Crippen molar-refractivity contribution in [3.05, 3.63) is 42.1 Å². The summed E-state index contributed by atoms with van der Waals surface area (Å²) in [7, 11) is 1.64. The van der Waals surface area contributed by atoms with Crippen LogP contribution < -0.4 is 20.1 Å².